The van der Waals surface area contributed by atoms with E-state index < -0.39 is 24.4 Å². The fraction of sp³-hybridized carbons (Fsp3) is 0.429. The zero-order valence-electron chi connectivity index (χ0n) is 17.6. The maximum atomic E-state index is 14.7. The van der Waals surface area contributed by atoms with E-state index in [1.807, 2.05) is 6.92 Å². The van der Waals surface area contributed by atoms with Crippen molar-refractivity contribution < 1.29 is 24.1 Å². The van der Waals surface area contributed by atoms with Gasteiger partial charge in [-0.1, -0.05) is 11.3 Å². The fourth-order valence-corrected chi connectivity index (χ4v) is 4.69. The normalized spacial score (nSPS) is 20.3. The molecule has 2 aromatic heterocycles. The van der Waals surface area contributed by atoms with Gasteiger partial charge in [0.2, 0.25) is 0 Å². The molecule has 0 saturated carbocycles. The molecule has 1 fully saturated rings. The summed E-state index contributed by atoms with van der Waals surface area (Å²) in [5.74, 6) is -0.760. The summed E-state index contributed by atoms with van der Waals surface area (Å²) < 4.78 is 28.8. The van der Waals surface area contributed by atoms with Crippen LogP contribution in [-0.4, -0.2) is 68.3 Å². The number of aliphatic hydroxyl groups excluding tert-OH is 3. The Kier molecular flexibility index (Phi) is 6.54. The van der Waals surface area contributed by atoms with Crippen molar-refractivity contribution in [1.29, 1.82) is 0 Å². The van der Waals surface area contributed by atoms with Gasteiger partial charge in [-0.25, -0.2) is 18.7 Å². The quantitative estimate of drug-likeness (QED) is 0.411. The number of hydrogen-bond donors (Lipinski definition) is 4. The molecule has 1 aliphatic heterocycles. The lowest BCUT2D eigenvalue weighted by Crippen LogP contribution is -2.57. The van der Waals surface area contributed by atoms with E-state index in [0.717, 1.165) is 0 Å². The van der Waals surface area contributed by atoms with Gasteiger partial charge in [-0.2, -0.15) is 0 Å². The van der Waals surface area contributed by atoms with Crippen molar-refractivity contribution in [2.24, 2.45) is 0 Å². The zero-order valence-corrected chi connectivity index (χ0v) is 18.4. The molecule has 11 heteroatoms. The Labute approximate surface area is 187 Å². The minimum atomic E-state index is -1.21. The van der Waals surface area contributed by atoms with E-state index in [0.29, 0.717) is 35.0 Å². The monoisotopic (exact) mass is 465 g/mol. The predicted octanol–water partition coefficient (Wildman–Crippen LogP) is 2.28. The predicted molar refractivity (Wildman–Crippen MR) is 118 cm³/mol. The average molecular weight is 466 g/mol. The van der Waals surface area contributed by atoms with Crippen LogP contribution in [0.1, 0.15) is 25.5 Å². The first-order valence-corrected chi connectivity index (χ1v) is 11.1. The van der Waals surface area contributed by atoms with Crippen LogP contribution >= 0.6 is 11.3 Å². The van der Waals surface area contributed by atoms with Crippen LogP contribution in [0.15, 0.2) is 30.5 Å². The Bertz CT molecular complexity index is 1100. The third-order valence-electron chi connectivity index (χ3n) is 5.52. The van der Waals surface area contributed by atoms with Crippen LogP contribution in [0.2, 0.25) is 0 Å². The molecule has 0 bridgehead atoms. The number of piperazine rings is 1. The number of aliphatic hydroxyl groups is 3. The van der Waals surface area contributed by atoms with Crippen molar-refractivity contribution in [2.45, 2.75) is 38.4 Å². The molecule has 4 N–H and O–H groups in total. The molecular formula is C21H25F2N5O3S. The number of nitrogens with one attached hydrogen (secondary N) is 1. The topological polar surface area (TPSA) is 105 Å². The summed E-state index contributed by atoms with van der Waals surface area (Å²) >= 11 is 1.25. The summed E-state index contributed by atoms with van der Waals surface area (Å²) in [5.41, 5.74) is 0.859. The Morgan fingerprint density at radius 1 is 1.19 bits per heavy atom. The second-order valence-corrected chi connectivity index (χ2v) is 8.98. The summed E-state index contributed by atoms with van der Waals surface area (Å²) in [6.07, 6.45) is -1.89. The maximum absolute atomic E-state index is 14.7. The maximum Gasteiger partial charge on any atom is 0.186 e. The van der Waals surface area contributed by atoms with Gasteiger partial charge in [0, 0.05) is 37.4 Å². The van der Waals surface area contributed by atoms with E-state index in [4.69, 9.17) is 0 Å². The van der Waals surface area contributed by atoms with Crippen molar-refractivity contribution >= 4 is 32.5 Å². The summed E-state index contributed by atoms with van der Waals surface area (Å²) in [5, 5.41) is 33.5. The number of nitrogens with zero attached hydrogens (tertiary/aromatic N) is 4. The second kappa shape index (κ2) is 9.20. The van der Waals surface area contributed by atoms with Gasteiger partial charge in [0.05, 0.1) is 16.3 Å². The lowest BCUT2D eigenvalue weighted by Gasteiger charge is -2.42. The van der Waals surface area contributed by atoms with E-state index in [9.17, 15) is 24.1 Å². The largest absolute Gasteiger partial charge is 0.390 e. The van der Waals surface area contributed by atoms with Gasteiger partial charge in [0.1, 0.15) is 11.9 Å². The molecule has 1 aliphatic rings. The van der Waals surface area contributed by atoms with E-state index >= 15 is 0 Å². The molecule has 3 aromatic rings. The number of anilines is 2. The first-order chi connectivity index (χ1) is 15.2. The minimum absolute atomic E-state index is 0.154. The molecular weight excluding hydrogens is 440 g/mol. The van der Waals surface area contributed by atoms with Crippen LogP contribution in [0.3, 0.4) is 0 Å². The first kappa shape index (κ1) is 22.7. The van der Waals surface area contributed by atoms with Gasteiger partial charge in [-0.15, -0.1) is 0 Å². The SMILES string of the molecule is C[C@H](O)[C@@H](O)c1cnc(N2CCN(C(O)Nc3nc4ccc(F)cc4s3)C[C@H]2C)c(F)c1. The van der Waals surface area contributed by atoms with Crippen LogP contribution in [0, 0.1) is 11.6 Å². The van der Waals surface area contributed by atoms with Crippen LogP contribution in [0.5, 0.6) is 0 Å². The van der Waals surface area contributed by atoms with Crippen molar-refractivity contribution in [2.75, 3.05) is 29.9 Å². The molecule has 0 spiro atoms. The van der Waals surface area contributed by atoms with Crippen LogP contribution in [0.4, 0.5) is 19.7 Å². The highest BCUT2D eigenvalue weighted by Crippen LogP contribution is 2.28. The van der Waals surface area contributed by atoms with Crippen molar-refractivity contribution in [3.8, 4) is 0 Å². The third-order valence-corrected chi connectivity index (χ3v) is 6.47. The number of rotatable bonds is 6. The van der Waals surface area contributed by atoms with Gasteiger partial charge >= 0.3 is 0 Å². The molecule has 1 saturated heterocycles. The number of halogens is 2. The number of thiazole rings is 1. The molecule has 1 aromatic carbocycles. The van der Waals surface area contributed by atoms with Crippen LogP contribution in [-0.2, 0) is 0 Å². The highest BCUT2D eigenvalue weighted by atomic mass is 32.1. The molecule has 4 atom stereocenters. The van der Waals surface area contributed by atoms with Crippen molar-refractivity contribution in [3.63, 3.8) is 0 Å². The molecule has 1 unspecified atom stereocenters. The van der Waals surface area contributed by atoms with Gasteiger partial charge in [-0.3, -0.25) is 4.90 Å². The summed E-state index contributed by atoms with van der Waals surface area (Å²) in [7, 11) is 0. The summed E-state index contributed by atoms with van der Waals surface area (Å²) in [6, 6.07) is 5.36. The van der Waals surface area contributed by atoms with Crippen LogP contribution in [0.25, 0.3) is 10.2 Å². The Hall–Kier alpha value is -2.44. The van der Waals surface area contributed by atoms with Gasteiger partial charge in [0.15, 0.2) is 23.1 Å². The minimum Gasteiger partial charge on any atom is -0.390 e. The van der Waals surface area contributed by atoms with E-state index in [2.05, 4.69) is 15.3 Å². The van der Waals surface area contributed by atoms with E-state index in [1.54, 1.807) is 15.9 Å². The van der Waals surface area contributed by atoms with Gasteiger partial charge < -0.3 is 25.5 Å². The highest BCUT2D eigenvalue weighted by Gasteiger charge is 2.30. The average Bonchev–Trinajstić information content (AvgIpc) is 3.14. The second-order valence-electron chi connectivity index (χ2n) is 7.95. The molecule has 0 amide bonds. The number of hydrogen-bond acceptors (Lipinski definition) is 9. The van der Waals surface area contributed by atoms with E-state index in [1.165, 1.54) is 42.7 Å². The Morgan fingerprint density at radius 3 is 2.66 bits per heavy atom. The Morgan fingerprint density at radius 2 is 1.97 bits per heavy atom. The number of benzene rings is 1. The smallest absolute Gasteiger partial charge is 0.186 e. The molecule has 32 heavy (non-hydrogen) atoms. The summed E-state index contributed by atoms with van der Waals surface area (Å²) in [6.45, 7) is 4.63. The highest BCUT2D eigenvalue weighted by molar-refractivity contribution is 7.22. The molecule has 172 valence electrons. The number of aromatic nitrogens is 2. The van der Waals surface area contributed by atoms with Crippen LogP contribution < -0.4 is 10.2 Å². The van der Waals surface area contributed by atoms with Crippen molar-refractivity contribution in [1.82, 2.24) is 14.9 Å². The lowest BCUT2D eigenvalue weighted by atomic mass is 10.1. The molecule has 0 radical (unpaired) electrons. The summed E-state index contributed by atoms with van der Waals surface area (Å²) in [4.78, 5) is 12.1. The molecule has 0 aliphatic carbocycles. The molecule has 4 rings (SSSR count). The lowest BCUT2D eigenvalue weighted by molar-refractivity contribution is 0.0145. The zero-order chi connectivity index (χ0) is 23.0. The number of fused-ring (bicyclic) bond motifs is 1. The first-order valence-electron chi connectivity index (χ1n) is 10.3. The molecule has 8 nitrogen and oxygen atoms in total. The van der Waals surface area contributed by atoms with Gasteiger partial charge in [-0.05, 0) is 38.1 Å². The number of pyridine rings is 1. The van der Waals surface area contributed by atoms with E-state index in [-0.39, 0.29) is 23.2 Å². The Balaban J connectivity index is 1.41. The third kappa shape index (κ3) is 4.66. The fourth-order valence-electron chi connectivity index (χ4n) is 3.78. The van der Waals surface area contributed by atoms with Gasteiger partial charge in [0.25, 0.3) is 0 Å². The molecule has 3 heterocycles. The van der Waals surface area contributed by atoms with Crippen molar-refractivity contribution in [3.05, 3.63) is 47.7 Å². The standard InChI is InChI=1S/C21H25F2N5O3S/c1-11-10-27(21(31)26-20-25-16-4-3-14(22)8-17(16)32-20)5-6-28(11)19-15(23)7-13(9-24-19)18(30)12(2)29/h3-4,7-9,11-12,18,21,29-31H,5-6,10H2,1-2H3,(H,25,26)/t11-,12+,18-,21?/m1/s1.